The van der Waals surface area contributed by atoms with E-state index in [0.717, 1.165) is 6.07 Å². The lowest BCUT2D eigenvalue weighted by atomic mass is 9.99. The molecule has 0 saturated heterocycles. The van der Waals surface area contributed by atoms with Crippen molar-refractivity contribution in [3.05, 3.63) is 58.3 Å². The molecule has 0 unspecified atom stereocenters. The largest absolute Gasteiger partial charge is 0.416 e. The van der Waals surface area contributed by atoms with Crippen molar-refractivity contribution in [2.24, 2.45) is 17.9 Å². The van der Waals surface area contributed by atoms with E-state index in [9.17, 15) is 23.1 Å². The molecule has 0 fully saturated rings. The standard InChI is InChI=1S/C27H33F3N8O3/c1-6-33-21-9-16(23-18(11-34-37(23)5)24(32-4)36-31)10-22(35-21)38-12-19-17(25(38)39)7-15(8-20(19)27(28,29)30)13-41-14-26(2,3)40/h7-11,40H,6,12-14,31H2,1-5H3,(H,32,36)(H,33,35). The lowest BCUT2D eigenvalue weighted by molar-refractivity contribution is -0.138. The number of aliphatic hydroxyl groups is 1. The van der Waals surface area contributed by atoms with Crippen molar-refractivity contribution in [1.82, 2.24) is 20.2 Å². The number of anilines is 2. The molecule has 3 heterocycles. The molecular weight excluding hydrogens is 541 g/mol. The number of ether oxygens (including phenoxy) is 1. The van der Waals surface area contributed by atoms with Gasteiger partial charge < -0.3 is 20.6 Å². The first kappa shape index (κ1) is 30.0. The summed E-state index contributed by atoms with van der Waals surface area (Å²) in [4.78, 5) is 23.5. The van der Waals surface area contributed by atoms with Gasteiger partial charge in [-0.2, -0.15) is 18.3 Å². The minimum Gasteiger partial charge on any atom is -0.388 e. The van der Waals surface area contributed by atoms with Gasteiger partial charge in [-0.1, -0.05) is 0 Å². The fourth-order valence-corrected chi connectivity index (χ4v) is 4.69. The topological polar surface area (TPSA) is 143 Å². The van der Waals surface area contributed by atoms with Gasteiger partial charge in [0.15, 0.2) is 0 Å². The number of nitrogens with zero attached hydrogens (tertiary/aromatic N) is 5. The maximum Gasteiger partial charge on any atom is 0.416 e. The number of hydrazine groups is 1. The summed E-state index contributed by atoms with van der Waals surface area (Å²) >= 11 is 0. The maximum atomic E-state index is 14.2. The fourth-order valence-electron chi connectivity index (χ4n) is 4.69. The predicted molar refractivity (Wildman–Crippen MR) is 148 cm³/mol. The van der Waals surface area contributed by atoms with Gasteiger partial charge in [0.05, 0.1) is 48.4 Å². The molecule has 1 amide bonds. The number of alkyl halides is 3. The molecule has 0 aliphatic carbocycles. The summed E-state index contributed by atoms with van der Waals surface area (Å²) in [5, 5.41) is 17.3. The number of halogens is 3. The zero-order chi connectivity index (χ0) is 30.1. The third-order valence-corrected chi connectivity index (χ3v) is 6.40. The first-order valence-corrected chi connectivity index (χ1v) is 12.8. The van der Waals surface area contributed by atoms with E-state index >= 15 is 0 Å². The summed E-state index contributed by atoms with van der Waals surface area (Å²) in [6.07, 6.45) is -3.12. The van der Waals surface area contributed by atoms with Gasteiger partial charge in [0.25, 0.3) is 5.91 Å². The number of aryl methyl sites for hydroxylation is 1. The molecule has 3 aromatic rings. The first-order valence-electron chi connectivity index (χ1n) is 12.8. The van der Waals surface area contributed by atoms with E-state index in [4.69, 9.17) is 10.6 Å². The van der Waals surface area contributed by atoms with Crippen LogP contribution in [-0.4, -0.2) is 57.4 Å². The van der Waals surface area contributed by atoms with E-state index in [1.807, 2.05) is 6.92 Å². The van der Waals surface area contributed by atoms with Crippen LogP contribution in [0.1, 0.15) is 53.4 Å². The van der Waals surface area contributed by atoms with Crippen LogP contribution in [0, 0.1) is 0 Å². The Balaban J connectivity index is 1.79. The Bertz CT molecular complexity index is 1480. The molecule has 0 saturated carbocycles. The highest BCUT2D eigenvalue weighted by Crippen LogP contribution is 2.40. The summed E-state index contributed by atoms with van der Waals surface area (Å²) in [5.74, 6) is 5.98. The van der Waals surface area contributed by atoms with Crippen LogP contribution in [0.25, 0.3) is 11.3 Å². The molecule has 14 heteroatoms. The van der Waals surface area contributed by atoms with Crippen molar-refractivity contribution >= 4 is 23.4 Å². The number of amides is 1. The molecule has 1 aliphatic rings. The van der Waals surface area contributed by atoms with E-state index in [1.165, 1.54) is 24.8 Å². The van der Waals surface area contributed by atoms with Crippen LogP contribution in [0.4, 0.5) is 24.8 Å². The smallest absolute Gasteiger partial charge is 0.388 e. The third kappa shape index (κ3) is 6.34. The average molecular weight is 575 g/mol. The molecule has 0 bridgehead atoms. The summed E-state index contributed by atoms with van der Waals surface area (Å²) in [7, 11) is 3.29. The van der Waals surface area contributed by atoms with Crippen molar-refractivity contribution in [2.75, 3.05) is 30.4 Å². The van der Waals surface area contributed by atoms with E-state index < -0.39 is 23.2 Å². The van der Waals surface area contributed by atoms with Gasteiger partial charge in [-0.15, -0.1) is 0 Å². The lowest BCUT2D eigenvalue weighted by Gasteiger charge is -2.19. The summed E-state index contributed by atoms with van der Waals surface area (Å²) in [6.45, 7) is 4.83. The van der Waals surface area contributed by atoms with Crippen LogP contribution in [0.5, 0.6) is 0 Å². The number of nitrogens with two attached hydrogens (primary N) is 1. The summed E-state index contributed by atoms with van der Waals surface area (Å²) < 4.78 is 49.5. The Morgan fingerprint density at radius 3 is 2.59 bits per heavy atom. The number of carbonyl (C=O) groups excluding carboxylic acids is 1. The van der Waals surface area contributed by atoms with Crippen molar-refractivity contribution in [1.29, 1.82) is 0 Å². The number of hydrogen-bond acceptors (Lipinski definition) is 8. The number of aromatic nitrogens is 3. The molecule has 4 rings (SSSR count). The Morgan fingerprint density at radius 2 is 1.98 bits per heavy atom. The van der Waals surface area contributed by atoms with Crippen molar-refractivity contribution in [3.63, 3.8) is 0 Å². The van der Waals surface area contributed by atoms with Gasteiger partial charge in [-0.25, -0.2) is 10.8 Å². The molecule has 41 heavy (non-hydrogen) atoms. The average Bonchev–Trinajstić information content (AvgIpc) is 3.43. The van der Waals surface area contributed by atoms with Gasteiger partial charge >= 0.3 is 6.18 Å². The van der Waals surface area contributed by atoms with E-state index in [1.54, 1.807) is 37.1 Å². The highest BCUT2D eigenvalue weighted by atomic mass is 19.4. The van der Waals surface area contributed by atoms with Crippen LogP contribution >= 0.6 is 0 Å². The Labute approximate surface area is 235 Å². The van der Waals surface area contributed by atoms with Gasteiger partial charge in [0.1, 0.15) is 17.5 Å². The molecule has 11 nitrogen and oxygen atoms in total. The van der Waals surface area contributed by atoms with Gasteiger partial charge in [-0.05, 0) is 56.2 Å². The Hall–Kier alpha value is -4.01. The second-order valence-corrected chi connectivity index (χ2v) is 10.2. The minimum atomic E-state index is -4.70. The van der Waals surface area contributed by atoms with Crippen LogP contribution < -0.4 is 21.5 Å². The van der Waals surface area contributed by atoms with E-state index in [2.05, 4.69) is 25.8 Å². The minimum absolute atomic E-state index is 0.0761. The highest BCUT2D eigenvalue weighted by molar-refractivity contribution is 6.10. The number of rotatable bonds is 9. The number of aliphatic imine (C=N–C) groups is 1. The summed E-state index contributed by atoms with van der Waals surface area (Å²) in [6, 6.07) is 5.77. The quantitative estimate of drug-likeness (QED) is 0.132. The lowest BCUT2D eigenvalue weighted by Crippen LogP contribution is -2.31. The Morgan fingerprint density at radius 1 is 1.24 bits per heavy atom. The number of pyridine rings is 1. The molecule has 5 N–H and O–H groups in total. The molecule has 1 aliphatic heterocycles. The van der Waals surface area contributed by atoms with Crippen molar-refractivity contribution in [2.45, 2.75) is 45.7 Å². The van der Waals surface area contributed by atoms with Crippen molar-refractivity contribution in [3.8, 4) is 11.3 Å². The van der Waals surface area contributed by atoms with Gasteiger partial charge in [0.2, 0.25) is 0 Å². The number of benzene rings is 1. The number of fused-ring (bicyclic) bond motifs is 1. The SMILES string of the molecule is CCNc1cc(-c2c(C(=NC)NN)cnn2C)cc(N2Cc3c(cc(COCC(C)(C)O)cc3C(F)(F)F)C2=O)n1. The molecule has 1 aromatic carbocycles. The number of nitrogens with one attached hydrogen (secondary N) is 2. The molecule has 0 radical (unpaired) electrons. The number of hydrogen-bond donors (Lipinski definition) is 4. The van der Waals surface area contributed by atoms with E-state index in [0.29, 0.717) is 35.0 Å². The third-order valence-electron chi connectivity index (χ3n) is 6.40. The number of carbonyl (C=O) groups is 1. The summed E-state index contributed by atoms with van der Waals surface area (Å²) in [5.41, 5.74) is 2.21. The molecular formula is C27H33F3N8O3. The Kier molecular flexibility index (Phi) is 8.38. The van der Waals surface area contributed by atoms with Crippen LogP contribution in [0.2, 0.25) is 0 Å². The normalized spacial score (nSPS) is 14.0. The van der Waals surface area contributed by atoms with Crippen LogP contribution in [0.15, 0.2) is 35.5 Å². The maximum absolute atomic E-state index is 14.2. The number of amidine groups is 1. The second-order valence-electron chi connectivity index (χ2n) is 10.2. The monoisotopic (exact) mass is 574 g/mol. The zero-order valence-corrected chi connectivity index (χ0v) is 23.4. The predicted octanol–water partition coefficient (Wildman–Crippen LogP) is 3.22. The molecule has 220 valence electrons. The van der Waals surface area contributed by atoms with Crippen LogP contribution in [0.3, 0.4) is 0 Å². The fraction of sp³-hybridized carbons (Fsp3) is 0.407. The molecule has 2 aromatic heterocycles. The van der Waals surface area contributed by atoms with Gasteiger partial charge in [0, 0.05) is 31.8 Å². The van der Waals surface area contributed by atoms with Crippen molar-refractivity contribution < 1.29 is 27.8 Å². The van der Waals surface area contributed by atoms with Crippen LogP contribution in [-0.2, 0) is 31.1 Å². The van der Waals surface area contributed by atoms with E-state index in [-0.39, 0.29) is 42.3 Å². The molecule has 0 spiro atoms. The zero-order valence-electron chi connectivity index (χ0n) is 23.4. The first-order chi connectivity index (χ1) is 19.3. The highest BCUT2D eigenvalue weighted by Gasteiger charge is 2.41. The molecule has 0 atom stereocenters. The van der Waals surface area contributed by atoms with Gasteiger partial charge in [-0.3, -0.25) is 19.4 Å². The second kappa shape index (κ2) is 11.5.